The Morgan fingerprint density at radius 1 is 1.22 bits per heavy atom. The van der Waals surface area contributed by atoms with Gasteiger partial charge in [0.15, 0.2) is 5.82 Å². The fourth-order valence-electron chi connectivity index (χ4n) is 2.27. The van der Waals surface area contributed by atoms with Gasteiger partial charge in [-0.15, -0.1) is 0 Å². The molecule has 0 saturated carbocycles. The number of anilines is 2. The molecule has 1 aromatic heterocycles. The molecule has 1 saturated heterocycles. The lowest BCUT2D eigenvalue weighted by Gasteiger charge is -2.27. The fourth-order valence-corrected chi connectivity index (χ4v) is 2.63. The van der Waals surface area contributed by atoms with Crippen LogP contribution in [0.25, 0.3) is 0 Å². The maximum absolute atomic E-state index is 5.36. The Morgan fingerprint density at radius 3 is 2.70 bits per heavy atom. The van der Waals surface area contributed by atoms with Gasteiger partial charge in [0.2, 0.25) is 0 Å². The van der Waals surface area contributed by atoms with E-state index in [-0.39, 0.29) is 0 Å². The average Bonchev–Trinajstić information content (AvgIpc) is 2.61. The minimum atomic E-state index is 0.686. The third-order valence-electron chi connectivity index (χ3n) is 3.59. The van der Waals surface area contributed by atoms with E-state index in [1.165, 1.54) is 3.57 Å². The van der Waals surface area contributed by atoms with Crippen LogP contribution >= 0.6 is 22.6 Å². The summed E-state index contributed by atoms with van der Waals surface area (Å²) in [5, 5.41) is 4.41. The maximum Gasteiger partial charge on any atom is 0.151 e. The first-order valence-corrected chi connectivity index (χ1v) is 8.51. The molecule has 3 rings (SSSR count). The molecule has 0 spiro atoms. The number of hydrazone groups is 1. The summed E-state index contributed by atoms with van der Waals surface area (Å²) in [4.78, 5) is 10.7. The molecular formula is C16H18IN5O. The van der Waals surface area contributed by atoms with Crippen molar-refractivity contribution in [3.8, 4) is 0 Å². The highest BCUT2D eigenvalue weighted by molar-refractivity contribution is 14.1. The van der Waals surface area contributed by atoms with Gasteiger partial charge in [0.1, 0.15) is 12.1 Å². The smallest absolute Gasteiger partial charge is 0.151 e. The second-order valence-corrected chi connectivity index (χ2v) is 6.42. The predicted octanol–water partition coefficient (Wildman–Crippen LogP) is 2.75. The predicted molar refractivity (Wildman–Crippen MR) is 100 cm³/mol. The van der Waals surface area contributed by atoms with E-state index in [0.29, 0.717) is 5.82 Å². The summed E-state index contributed by atoms with van der Waals surface area (Å²) < 4.78 is 6.57. The van der Waals surface area contributed by atoms with Crippen LogP contribution < -0.4 is 10.3 Å². The van der Waals surface area contributed by atoms with E-state index < -0.39 is 0 Å². The van der Waals surface area contributed by atoms with Gasteiger partial charge in [-0.1, -0.05) is 12.1 Å². The van der Waals surface area contributed by atoms with Gasteiger partial charge in [-0.2, -0.15) is 5.10 Å². The number of aromatic nitrogens is 2. The van der Waals surface area contributed by atoms with E-state index in [1.54, 1.807) is 6.33 Å². The molecule has 2 aromatic rings. The van der Waals surface area contributed by atoms with Crippen molar-refractivity contribution in [1.29, 1.82) is 0 Å². The van der Waals surface area contributed by atoms with Crippen LogP contribution in [0.2, 0.25) is 0 Å². The van der Waals surface area contributed by atoms with Gasteiger partial charge < -0.3 is 9.64 Å². The van der Waals surface area contributed by atoms with Gasteiger partial charge in [0.05, 0.1) is 18.9 Å². The summed E-state index contributed by atoms with van der Waals surface area (Å²) in [6.07, 6.45) is 1.56. The van der Waals surface area contributed by atoms with Crippen LogP contribution in [0, 0.1) is 3.57 Å². The van der Waals surface area contributed by atoms with Crippen molar-refractivity contribution in [3.63, 3.8) is 0 Å². The summed E-state index contributed by atoms with van der Waals surface area (Å²) >= 11 is 2.29. The first kappa shape index (κ1) is 16.1. The highest BCUT2D eigenvalue weighted by Crippen LogP contribution is 2.15. The third kappa shape index (κ3) is 4.38. The normalized spacial score (nSPS) is 15.6. The van der Waals surface area contributed by atoms with Crippen LogP contribution in [0.1, 0.15) is 12.5 Å². The lowest BCUT2D eigenvalue weighted by molar-refractivity contribution is 0.122. The summed E-state index contributed by atoms with van der Waals surface area (Å²) in [6.45, 7) is 5.13. The van der Waals surface area contributed by atoms with Gasteiger partial charge in [-0.05, 0) is 47.2 Å². The molecule has 1 N–H and O–H groups in total. The molecule has 0 atom stereocenters. The zero-order valence-corrected chi connectivity index (χ0v) is 15.0. The second kappa shape index (κ2) is 7.69. The Labute approximate surface area is 149 Å². The zero-order chi connectivity index (χ0) is 16.1. The van der Waals surface area contributed by atoms with Crippen molar-refractivity contribution in [2.75, 3.05) is 36.6 Å². The van der Waals surface area contributed by atoms with Gasteiger partial charge in [0, 0.05) is 22.7 Å². The number of hydrogen-bond acceptors (Lipinski definition) is 6. The Bertz CT molecular complexity index is 683. The van der Waals surface area contributed by atoms with Crippen molar-refractivity contribution >= 4 is 39.9 Å². The number of morpholine rings is 1. The van der Waals surface area contributed by atoms with Crippen LogP contribution in [0.4, 0.5) is 11.6 Å². The number of nitrogens with one attached hydrogen (secondary N) is 1. The molecule has 0 aliphatic carbocycles. The molecule has 1 aromatic carbocycles. The van der Waals surface area contributed by atoms with Crippen molar-refractivity contribution < 1.29 is 4.74 Å². The van der Waals surface area contributed by atoms with Gasteiger partial charge in [-0.25, -0.2) is 9.97 Å². The van der Waals surface area contributed by atoms with Crippen molar-refractivity contribution in [2.45, 2.75) is 6.92 Å². The molecule has 23 heavy (non-hydrogen) atoms. The summed E-state index contributed by atoms with van der Waals surface area (Å²) in [5.74, 6) is 1.58. The minimum absolute atomic E-state index is 0.686. The number of nitrogens with zero attached hydrogens (tertiary/aromatic N) is 4. The molecule has 120 valence electrons. The number of rotatable bonds is 4. The Balaban J connectivity index is 1.70. The SMILES string of the molecule is CC(=NNc1cc(N2CCOCC2)ncn1)c1ccc(I)cc1. The number of hydrogen-bond donors (Lipinski definition) is 1. The van der Waals surface area contributed by atoms with E-state index in [0.717, 1.165) is 43.4 Å². The molecule has 1 aliphatic rings. The first-order chi connectivity index (χ1) is 11.2. The molecule has 0 unspecified atom stereocenters. The molecular weight excluding hydrogens is 405 g/mol. The van der Waals surface area contributed by atoms with Crippen LogP contribution in [-0.2, 0) is 4.74 Å². The quantitative estimate of drug-likeness (QED) is 0.466. The lowest BCUT2D eigenvalue weighted by atomic mass is 10.1. The summed E-state index contributed by atoms with van der Waals surface area (Å²) in [6, 6.07) is 10.2. The Morgan fingerprint density at radius 2 is 1.96 bits per heavy atom. The molecule has 7 heteroatoms. The number of ether oxygens (including phenoxy) is 1. The first-order valence-electron chi connectivity index (χ1n) is 7.43. The van der Waals surface area contributed by atoms with Gasteiger partial charge >= 0.3 is 0 Å². The molecule has 6 nitrogen and oxygen atoms in total. The van der Waals surface area contributed by atoms with Crippen molar-refractivity contribution in [2.24, 2.45) is 5.10 Å². The summed E-state index contributed by atoms with van der Waals surface area (Å²) in [5.41, 5.74) is 5.01. The van der Waals surface area contributed by atoms with E-state index in [9.17, 15) is 0 Å². The van der Waals surface area contributed by atoms with E-state index in [1.807, 2.05) is 13.0 Å². The maximum atomic E-state index is 5.36. The Kier molecular flexibility index (Phi) is 5.39. The topological polar surface area (TPSA) is 62.6 Å². The highest BCUT2D eigenvalue weighted by Gasteiger charge is 2.12. The fraction of sp³-hybridized carbons (Fsp3) is 0.312. The van der Waals surface area contributed by atoms with E-state index in [2.05, 4.69) is 72.3 Å². The molecule has 1 fully saturated rings. The van der Waals surface area contributed by atoms with E-state index >= 15 is 0 Å². The molecule has 0 bridgehead atoms. The monoisotopic (exact) mass is 423 g/mol. The van der Waals surface area contributed by atoms with Crippen LogP contribution in [-0.4, -0.2) is 42.0 Å². The van der Waals surface area contributed by atoms with Gasteiger partial charge in [-0.3, -0.25) is 5.43 Å². The Hall–Kier alpha value is -1.74. The molecule has 1 aliphatic heterocycles. The average molecular weight is 423 g/mol. The van der Waals surface area contributed by atoms with Crippen LogP contribution in [0.15, 0.2) is 41.8 Å². The largest absolute Gasteiger partial charge is 0.378 e. The number of halogens is 1. The molecule has 0 radical (unpaired) electrons. The second-order valence-electron chi connectivity index (χ2n) is 5.18. The lowest BCUT2D eigenvalue weighted by Crippen LogP contribution is -2.36. The standard InChI is InChI=1S/C16H18IN5O/c1-12(13-2-4-14(17)5-3-13)20-21-15-10-16(19-11-18-15)22-6-8-23-9-7-22/h2-5,10-11H,6-9H2,1H3,(H,18,19,21). The number of benzene rings is 1. The highest BCUT2D eigenvalue weighted by atomic mass is 127. The zero-order valence-electron chi connectivity index (χ0n) is 12.9. The van der Waals surface area contributed by atoms with Crippen molar-refractivity contribution in [3.05, 3.63) is 45.8 Å². The van der Waals surface area contributed by atoms with Crippen molar-refractivity contribution in [1.82, 2.24) is 9.97 Å². The molecule has 0 amide bonds. The summed E-state index contributed by atoms with van der Waals surface area (Å²) in [7, 11) is 0. The van der Waals surface area contributed by atoms with E-state index in [4.69, 9.17) is 4.74 Å². The van der Waals surface area contributed by atoms with Crippen LogP contribution in [0.5, 0.6) is 0 Å². The minimum Gasteiger partial charge on any atom is -0.378 e. The van der Waals surface area contributed by atoms with Gasteiger partial charge in [0.25, 0.3) is 0 Å². The third-order valence-corrected chi connectivity index (χ3v) is 4.31. The molecule has 2 heterocycles. The van der Waals surface area contributed by atoms with Crippen LogP contribution in [0.3, 0.4) is 0 Å².